The van der Waals surface area contributed by atoms with Crippen molar-refractivity contribution in [2.45, 2.75) is 56.3 Å². The van der Waals surface area contributed by atoms with Crippen LogP contribution in [0, 0.1) is 6.92 Å². The second-order valence-electron chi connectivity index (χ2n) is 7.68. The molecule has 0 radical (unpaired) electrons. The molecular formula is C20H25NO4. The van der Waals surface area contributed by atoms with Crippen molar-refractivity contribution in [3.63, 3.8) is 0 Å². The fourth-order valence-electron chi connectivity index (χ4n) is 5.43. The van der Waals surface area contributed by atoms with Gasteiger partial charge in [0.15, 0.2) is 23.4 Å². The highest BCUT2D eigenvalue weighted by molar-refractivity contribution is 5.89. The Morgan fingerprint density at radius 1 is 1.44 bits per heavy atom. The fourth-order valence-corrected chi connectivity index (χ4v) is 5.43. The number of benzene rings is 1. The van der Waals surface area contributed by atoms with Crippen LogP contribution in [0.5, 0.6) is 11.5 Å². The minimum Gasteiger partial charge on any atom is -0.504 e. The molecule has 4 atom stereocenters. The molecule has 1 saturated heterocycles. The summed E-state index contributed by atoms with van der Waals surface area (Å²) in [5.41, 5.74) is -0.111. The van der Waals surface area contributed by atoms with Crippen LogP contribution in [-0.2, 0) is 10.2 Å². The molecule has 134 valence electrons. The molecule has 0 amide bonds. The number of hydrogen-bond acceptors (Lipinski definition) is 5. The molecule has 2 fully saturated rings. The van der Waals surface area contributed by atoms with Gasteiger partial charge in [0.2, 0.25) is 0 Å². The number of ketones is 1. The van der Waals surface area contributed by atoms with Gasteiger partial charge in [-0.05, 0) is 44.9 Å². The highest BCUT2D eigenvalue weighted by Crippen LogP contribution is 2.61. The van der Waals surface area contributed by atoms with Gasteiger partial charge in [-0.2, -0.15) is 0 Å². The maximum atomic E-state index is 12.7. The van der Waals surface area contributed by atoms with Gasteiger partial charge in [-0.15, -0.1) is 6.58 Å². The predicted octanol–water partition coefficient (Wildman–Crippen LogP) is 2.07. The third-order valence-corrected chi connectivity index (χ3v) is 6.69. The Balaban J connectivity index is 1.95. The lowest BCUT2D eigenvalue weighted by atomic mass is 9.52. The SMILES string of the molecule is C=CCN1CC[C@]23c4c(C)ccc(O)c4OC2C(=O)CC[C@@]3(O)[C@H]1C. The van der Waals surface area contributed by atoms with Crippen LogP contribution in [0.4, 0.5) is 0 Å². The molecule has 2 heterocycles. The zero-order valence-corrected chi connectivity index (χ0v) is 14.8. The van der Waals surface area contributed by atoms with E-state index in [0.29, 0.717) is 31.6 Å². The Morgan fingerprint density at radius 2 is 2.20 bits per heavy atom. The van der Waals surface area contributed by atoms with Gasteiger partial charge in [0, 0.05) is 24.6 Å². The molecule has 1 aromatic rings. The number of likely N-dealkylation sites (tertiary alicyclic amines) is 1. The van der Waals surface area contributed by atoms with E-state index in [-0.39, 0.29) is 17.6 Å². The van der Waals surface area contributed by atoms with Crippen LogP contribution >= 0.6 is 0 Å². The van der Waals surface area contributed by atoms with Crippen molar-refractivity contribution < 1.29 is 19.7 Å². The monoisotopic (exact) mass is 343 g/mol. The fraction of sp³-hybridized carbons (Fsp3) is 0.550. The van der Waals surface area contributed by atoms with Gasteiger partial charge in [-0.3, -0.25) is 9.69 Å². The van der Waals surface area contributed by atoms with E-state index in [2.05, 4.69) is 11.5 Å². The Kier molecular flexibility index (Phi) is 3.54. The van der Waals surface area contributed by atoms with E-state index in [1.807, 2.05) is 26.0 Å². The van der Waals surface area contributed by atoms with Gasteiger partial charge < -0.3 is 14.9 Å². The molecule has 0 bridgehead atoms. The van der Waals surface area contributed by atoms with Gasteiger partial charge >= 0.3 is 0 Å². The molecule has 4 rings (SSSR count). The van der Waals surface area contributed by atoms with Crippen molar-refractivity contribution in [1.29, 1.82) is 0 Å². The summed E-state index contributed by atoms with van der Waals surface area (Å²) in [7, 11) is 0. The first-order chi connectivity index (χ1) is 11.9. The summed E-state index contributed by atoms with van der Waals surface area (Å²) in [5, 5.41) is 22.2. The molecule has 0 aromatic heterocycles. The summed E-state index contributed by atoms with van der Waals surface area (Å²) in [6.45, 7) is 9.24. The number of aromatic hydroxyl groups is 1. The molecule has 25 heavy (non-hydrogen) atoms. The molecule has 5 nitrogen and oxygen atoms in total. The lowest BCUT2D eigenvalue weighted by molar-refractivity contribution is -0.180. The van der Waals surface area contributed by atoms with Crippen molar-refractivity contribution >= 4 is 5.78 Å². The molecule has 1 aliphatic carbocycles. The van der Waals surface area contributed by atoms with Crippen LogP contribution in [0.1, 0.15) is 37.3 Å². The molecule has 3 aliphatic rings. The number of ether oxygens (including phenoxy) is 1. The summed E-state index contributed by atoms with van der Waals surface area (Å²) in [4.78, 5) is 14.9. The first-order valence-corrected chi connectivity index (χ1v) is 8.96. The lowest BCUT2D eigenvalue weighted by Gasteiger charge is -2.59. The number of carbonyl (C=O) groups excluding carboxylic acids is 1. The third kappa shape index (κ3) is 1.88. The summed E-state index contributed by atoms with van der Waals surface area (Å²) >= 11 is 0. The number of aryl methyl sites for hydroxylation is 1. The second kappa shape index (κ2) is 5.32. The Morgan fingerprint density at radius 3 is 2.92 bits per heavy atom. The number of aliphatic hydroxyl groups is 1. The number of rotatable bonds is 2. The van der Waals surface area contributed by atoms with Crippen molar-refractivity contribution in [3.05, 3.63) is 35.9 Å². The number of piperidine rings is 1. The molecule has 5 heteroatoms. The number of nitrogens with zero attached hydrogens (tertiary/aromatic N) is 1. The average molecular weight is 343 g/mol. The van der Waals surface area contributed by atoms with E-state index in [9.17, 15) is 15.0 Å². The highest BCUT2D eigenvalue weighted by Gasteiger charge is 2.70. The number of Topliss-reactive ketones (excluding diaryl/α,β-unsaturated/α-hetero) is 1. The maximum Gasteiger partial charge on any atom is 0.174 e. The van der Waals surface area contributed by atoms with Crippen LogP contribution < -0.4 is 4.74 Å². The van der Waals surface area contributed by atoms with Crippen LogP contribution in [0.25, 0.3) is 0 Å². The van der Waals surface area contributed by atoms with Crippen LogP contribution in [0.3, 0.4) is 0 Å². The number of carbonyl (C=O) groups is 1. The third-order valence-electron chi connectivity index (χ3n) is 6.69. The zero-order chi connectivity index (χ0) is 18.0. The summed E-state index contributed by atoms with van der Waals surface area (Å²) < 4.78 is 6.01. The van der Waals surface area contributed by atoms with Gasteiger partial charge in [-0.25, -0.2) is 0 Å². The van der Waals surface area contributed by atoms with E-state index >= 15 is 0 Å². The first kappa shape index (κ1) is 16.6. The standard InChI is InChI=1S/C20H25NO4/c1-4-10-21-11-9-19-16-12(2)5-6-14(22)17(16)25-18(19)15(23)7-8-20(19,24)13(21)3/h4-6,13,18,22,24H,1,7-11H2,2-3H3/t13-,18?,19+,20-/m1/s1. The van der Waals surface area contributed by atoms with E-state index < -0.39 is 17.1 Å². The smallest absolute Gasteiger partial charge is 0.174 e. The number of phenolic OH excluding ortho intramolecular Hbond substituents is 1. The normalized spacial score (nSPS) is 37.0. The largest absolute Gasteiger partial charge is 0.504 e. The van der Waals surface area contributed by atoms with Crippen molar-refractivity contribution in [3.8, 4) is 11.5 Å². The van der Waals surface area contributed by atoms with E-state index in [0.717, 1.165) is 17.7 Å². The minimum absolute atomic E-state index is 0.0176. The Hall–Kier alpha value is -1.85. The van der Waals surface area contributed by atoms with Gasteiger partial charge in [-0.1, -0.05) is 12.1 Å². The molecule has 2 N–H and O–H groups in total. The Bertz CT molecular complexity index is 760. The minimum atomic E-state index is -1.09. The summed E-state index contributed by atoms with van der Waals surface area (Å²) in [6, 6.07) is 3.31. The van der Waals surface area contributed by atoms with E-state index in [4.69, 9.17) is 4.74 Å². The van der Waals surface area contributed by atoms with Gasteiger partial charge in [0.1, 0.15) is 0 Å². The lowest BCUT2D eigenvalue weighted by Crippen LogP contribution is -2.73. The predicted molar refractivity (Wildman–Crippen MR) is 94.0 cm³/mol. The zero-order valence-electron chi connectivity index (χ0n) is 14.8. The van der Waals surface area contributed by atoms with E-state index in [1.165, 1.54) is 0 Å². The number of fused-ring (bicyclic) bond motifs is 1. The number of hydrogen-bond donors (Lipinski definition) is 2. The van der Waals surface area contributed by atoms with Gasteiger partial charge in [0.25, 0.3) is 0 Å². The quantitative estimate of drug-likeness (QED) is 0.805. The van der Waals surface area contributed by atoms with Crippen molar-refractivity contribution in [2.75, 3.05) is 13.1 Å². The number of phenols is 1. The average Bonchev–Trinajstić information content (AvgIpc) is 2.95. The van der Waals surface area contributed by atoms with E-state index in [1.54, 1.807) is 6.07 Å². The molecule has 1 saturated carbocycles. The van der Waals surface area contributed by atoms with Crippen LogP contribution in [0.2, 0.25) is 0 Å². The van der Waals surface area contributed by atoms with Gasteiger partial charge in [0.05, 0.1) is 11.0 Å². The van der Waals surface area contributed by atoms with Crippen molar-refractivity contribution in [1.82, 2.24) is 4.90 Å². The maximum absolute atomic E-state index is 12.7. The molecule has 1 spiro atoms. The molecule has 2 aliphatic heterocycles. The molecule has 1 aromatic carbocycles. The first-order valence-electron chi connectivity index (χ1n) is 8.96. The highest BCUT2D eigenvalue weighted by atomic mass is 16.5. The molecule has 1 unspecified atom stereocenters. The Labute approximate surface area is 147 Å². The summed E-state index contributed by atoms with van der Waals surface area (Å²) in [6.07, 6.45) is 2.45. The summed E-state index contributed by atoms with van der Waals surface area (Å²) in [5.74, 6) is 0.438. The second-order valence-corrected chi connectivity index (χ2v) is 7.68. The van der Waals surface area contributed by atoms with Crippen LogP contribution in [-0.4, -0.2) is 51.7 Å². The molecular weight excluding hydrogens is 318 g/mol. The van der Waals surface area contributed by atoms with Crippen LogP contribution in [0.15, 0.2) is 24.8 Å². The topological polar surface area (TPSA) is 70.0 Å². The van der Waals surface area contributed by atoms with Crippen molar-refractivity contribution in [2.24, 2.45) is 0 Å².